The van der Waals surface area contributed by atoms with Crippen LogP contribution in [0.5, 0.6) is 0 Å². The first kappa shape index (κ1) is 30.5. The summed E-state index contributed by atoms with van der Waals surface area (Å²) in [6, 6.07) is 25.2. The number of amides is 3. The number of aromatic nitrogens is 2. The zero-order valence-electron chi connectivity index (χ0n) is 23.4. The Morgan fingerprint density at radius 1 is 0.952 bits per heavy atom. The number of alkyl carbamates (subject to hydrolysis) is 1. The van der Waals surface area contributed by atoms with E-state index in [9.17, 15) is 14.4 Å². The maximum Gasteiger partial charge on any atom is 0.408 e. The number of ether oxygens (including phenoxy) is 1. The van der Waals surface area contributed by atoms with Gasteiger partial charge in [-0.15, -0.1) is 0 Å². The van der Waals surface area contributed by atoms with Crippen LogP contribution in [0.4, 0.5) is 10.5 Å². The summed E-state index contributed by atoms with van der Waals surface area (Å²) in [7, 11) is 0. The molecule has 3 aromatic carbocycles. The molecule has 4 rings (SSSR count). The van der Waals surface area contributed by atoms with Crippen LogP contribution in [-0.2, 0) is 33.9 Å². The molecule has 1 heterocycles. The Hall–Kier alpha value is -4.44. The predicted octanol–water partition coefficient (Wildman–Crippen LogP) is 5.48. The molecule has 42 heavy (non-hydrogen) atoms. The average Bonchev–Trinajstić information content (AvgIpc) is 3.53. The number of halogens is 1. The average molecular weight is 633 g/mol. The van der Waals surface area contributed by atoms with E-state index in [1.807, 2.05) is 91.9 Å². The van der Waals surface area contributed by atoms with Crippen molar-refractivity contribution in [2.45, 2.75) is 39.0 Å². The van der Waals surface area contributed by atoms with E-state index in [-0.39, 0.29) is 32.0 Å². The van der Waals surface area contributed by atoms with Crippen molar-refractivity contribution in [3.05, 3.63) is 119 Å². The molecule has 1 unspecified atom stereocenters. The molecule has 0 aliphatic heterocycles. The van der Waals surface area contributed by atoms with Crippen LogP contribution in [0.2, 0.25) is 0 Å². The lowest BCUT2D eigenvalue weighted by Crippen LogP contribution is -2.52. The Balaban J connectivity index is 1.57. The fourth-order valence-corrected chi connectivity index (χ4v) is 4.71. The Morgan fingerprint density at radius 3 is 2.29 bits per heavy atom. The minimum Gasteiger partial charge on any atom is -0.445 e. The van der Waals surface area contributed by atoms with Gasteiger partial charge in [-0.1, -0.05) is 83.5 Å². The summed E-state index contributed by atoms with van der Waals surface area (Å²) in [6.07, 6.45) is 3.26. The molecule has 0 bridgehead atoms. The van der Waals surface area contributed by atoms with E-state index < -0.39 is 18.0 Å². The maximum atomic E-state index is 14.1. The van der Waals surface area contributed by atoms with Gasteiger partial charge >= 0.3 is 6.09 Å². The van der Waals surface area contributed by atoms with Crippen molar-refractivity contribution in [1.82, 2.24) is 20.2 Å². The first-order chi connectivity index (χ1) is 20.4. The molecule has 4 aromatic rings. The van der Waals surface area contributed by atoms with Crippen molar-refractivity contribution in [2.75, 3.05) is 18.0 Å². The van der Waals surface area contributed by atoms with Gasteiger partial charge in [0.2, 0.25) is 11.8 Å². The maximum absolute atomic E-state index is 14.1. The van der Waals surface area contributed by atoms with Crippen LogP contribution in [0, 0.1) is 0 Å². The summed E-state index contributed by atoms with van der Waals surface area (Å²) < 4.78 is 6.32. The zero-order chi connectivity index (χ0) is 29.7. The molecule has 10 heteroatoms. The molecule has 0 fully saturated rings. The van der Waals surface area contributed by atoms with Gasteiger partial charge < -0.3 is 24.8 Å². The van der Waals surface area contributed by atoms with Crippen molar-refractivity contribution in [1.29, 1.82) is 0 Å². The van der Waals surface area contributed by atoms with Gasteiger partial charge in [0, 0.05) is 41.6 Å². The highest BCUT2D eigenvalue weighted by molar-refractivity contribution is 9.10. The lowest BCUT2D eigenvalue weighted by atomic mass is 10.1. The van der Waals surface area contributed by atoms with Crippen LogP contribution in [0.15, 0.2) is 102 Å². The van der Waals surface area contributed by atoms with Gasteiger partial charge in [-0.2, -0.15) is 0 Å². The molecule has 0 aliphatic carbocycles. The summed E-state index contributed by atoms with van der Waals surface area (Å²) in [4.78, 5) is 50.9. The van der Waals surface area contributed by atoms with Crippen LogP contribution >= 0.6 is 15.9 Å². The summed E-state index contributed by atoms with van der Waals surface area (Å²) >= 11 is 3.45. The van der Waals surface area contributed by atoms with Gasteiger partial charge in [0.15, 0.2) is 0 Å². The molecule has 0 radical (unpaired) electrons. The number of hydrogen-bond donors (Lipinski definition) is 2. The van der Waals surface area contributed by atoms with E-state index in [0.717, 1.165) is 27.7 Å². The summed E-state index contributed by atoms with van der Waals surface area (Å²) in [6.45, 7) is 2.56. The van der Waals surface area contributed by atoms with Crippen molar-refractivity contribution < 1.29 is 19.1 Å². The third kappa shape index (κ3) is 9.04. The minimum atomic E-state index is -1.01. The van der Waals surface area contributed by atoms with E-state index in [0.29, 0.717) is 12.2 Å². The van der Waals surface area contributed by atoms with Crippen molar-refractivity contribution in [3.8, 4) is 0 Å². The fourth-order valence-electron chi connectivity index (χ4n) is 4.44. The van der Waals surface area contributed by atoms with E-state index >= 15 is 0 Å². The lowest BCUT2D eigenvalue weighted by molar-refractivity contribution is -0.137. The first-order valence-electron chi connectivity index (χ1n) is 13.8. The number of carbonyl (C=O) groups excluding carboxylic acids is 3. The van der Waals surface area contributed by atoms with Crippen LogP contribution in [0.1, 0.15) is 30.2 Å². The summed E-state index contributed by atoms with van der Waals surface area (Å²) in [5.74, 6) is -0.637. The number of nitrogens with zero attached hydrogens (tertiary/aromatic N) is 3. The van der Waals surface area contributed by atoms with Gasteiger partial charge in [0.25, 0.3) is 0 Å². The van der Waals surface area contributed by atoms with E-state index in [1.165, 1.54) is 11.2 Å². The summed E-state index contributed by atoms with van der Waals surface area (Å²) in [5, 5.41) is 2.73. The lowest BCUT2D eigenvalue weighted by Gasteiger charge is -2.30. The second-order valence-electron chi connectivity index (χ2n) is 9.74. The highest BCUT2D eigenvalue weighted by Gasteiger charge is 2.30. The van der Waals surface area contributed by atoms with Crippen LogP contribution < -0.4 is 10.2 Å². The standard InChI is InChI=1S/C32H34BrN5O4/c1-2-17-38(28-11-7-4-8-12-28)30(39)21-37(20-24-13-15-26(33)16-14-24)31(40)29(18-27-19-34-23-35-27)36-32(41)42-22-25-9-5-3-6-10-25/h3-16,19,23,29H,2,17-18,20-22H2,1H3,(H,34,35)(H,36,41). The molecule has 1 aromatic heterocycles. The van der Waals surface area contributed by atoms with E-state index in [1.54, 1.807) is 11.1 Å². The highest BCUT2D eigenvalue weighted by Crippen LogP contribution is 2.17. The number of para-hydroxylation sites is 1. The van der Waals surface area contributed by atoms with Gasteiger partial charge in [0.1, 0.15) is 19.2 Å². The fraction of sp³-hybridized carbons (Fsp3) is 0.250. The molecule has 3 amide bonds. The first-order valence-corrected chi connectivity index (χ1v) is 14.6. The SMILES string of the molecule is CCCN(C(=O)CN(Cc1ccc(Br)cc1)C(=O)C(Cc1cnc[nH]1)NC(=O)OCc1ccccc1)c1ccccc1. The quantitative estimate of drug-likeness (QED) is 0.203. The number of imidazole rings is 1. The molecule has 1 atom stereocenters. The zero-order valence-corrected chi connectivity index (χ0v) is 25.0. The second-order valence-corrected chi connectivity index (χ2v) is 10.7. The number of aromatic amines is 1. The third-order valence-corrected chi connectivity index (χ3v) is 7.05. The molecular formula is C32H34BrN5O4. The molecule has 9 nitrogen and oxygen atoms in total. The monoisotopic (exact) mass is 631 g/mol. The number of carbonyl (C=O) groups is 3. The summed E-state index contributed by atoms with van der Waals surface area (Å²) in [5.41, 5.74) is 3.08. The number of hydrogen-bond acceptors (Lipinski definition) is 5. The molecular weight excluding hydrogens is 598 g/mol. The molecule has 0 aliphatic rings. The number of rotatable bonds is 13. The van der Waals surface area contributed by atoms with Gasteiger partial charge in [0.05, 0.1) is 6.33 Å². The van der Waals surface area contributed by atoms with Gasteiger partial charge in [-0.05, 0) is 41.8 Å². The molecule has 0 spiro atoms. The Bertz CT molecular complexity index is 1420. The topological polar surface area (TPSA) is 108 Å². The Labute approximate surface area is 254 Å². The number of benzene rings is 3. The second kappa shape index (κ2) is 15.5. The van der Waals surface area contributed by atoms with Gasteiger partial charge in [-0.3, -0.25) is 9.59 Å². The molecule has 0 saturated heterocycles. The van der Waals surface area contributed by atoms with Crippen LogP contribution in [0.3, 0.4) is 0 Å². The van der Waals surface area contributed by atoms with Crippen molar-refractivity contribution >= 4 is 39.5 Å². The highest BCUT2D eigenvalue weighted by atomic mass is 79.9. The third-order valence-electron chi connectivity index (χ3n) is 6.52. The molecule has 218 valence electrons. The number of H-pyrrole nitrogens is 1. The number of anilines is 1. The van der Waals surface area contributed by atoms with E-state index in [2.05, 4.69) is 31.2 Å². The molecule has 0 saturated carbocycles. The van der Waals surface area contributed by atoms with Crippen molar-refractivity contribution in [2.24, 2.45) is 0 Å². The van der Waals surface area contributed by atoms with Crippen LogP contribution in [-0.4, -0.2) is 51.9 Å². The molecule has 2 N–H and O–H groups in total. The predicted molar refractivity (Wildman–Crippen MR) is 164 cm³/mol. The normalized spacial score (nSPS) is 11.4. The largest absolute Gasteiger partial charge is 0.445 e. The Morgan fingerprint density at radius 2 is 1.64 bits per heavy atom. The number of nitrogens with one attached hydrogen (secondary N) is 2. The Kier molecular flexibility index (Phi) is 11.3. The van der Waals surface area contributed by atoms with Crippen molar-refractivity contribution in [3.63, 3.8) is 0 Å². The minimum absolute atomic E-state index is 0.0573. The van der Waals surface area contributed by atoms with Gasteiger partial charge in [-0.25, -0.2) is 9.78 Å². The van der Waals surface area contributed by atoms with Crippen LogP contribution in [0.25, 0.3) is 0 Å². The smallest absolute Gasteiger partial charge is 0.408 e. The van der Waals surface area contributed by atoms with E-state index in [4.69, 9.17) is 4.74 Å².